The van der Waals surface area contributed by atoms with Gasteiger partial charge in [-0.25, -0.2) is 13.6 Å². The van der Waals surface area contributed by atoms with E-state index in [1.54, 1.807) is 0 Å². The van der Waals surface area contributed by atoms with E-state index in [0.29, 0.717) is 12.5 Å². The molecule has 20 heavy (non-hydrogen) atoms. The first-order valence-electron chi connectivity index (χ1n) is 6.93. The van der Waals surface area contributed by atoms with Gasteiger partial charge in [0.05, 0.1) is 18.4 Å². The van der Waals surface area contributed by atoms with E-state index in [1.807, 2.05) is 0 Å². The van der Waals surface area contributed by atoms with Crippen molar-refractivity contribution in [2.75, 3.05) is 19.0 Å². The third-order valence-corrected chi connectivity index (χ3v) is 3.83. The Morgan fingerprint density at radius 2 is 2.00 bits per heavy atom. The van der Waals surface area contributed by atoms with E-state index < -0.39 is 17.6 Å². The lowest BCUT2D eigenvalue weighted by Crippen LogP contribution is -2.11. The van der Waals surface area contributed by atoms with E-state index in [0.717, 1.165) is 13.5 Å². The molecule has 1 N–H and O–H groups in total. The Balaban J connectivity index is 1.98. The van der Waals surface area contributed by atoms with E-state index in [1.165, 1.54) is 37.8 Å². The minimum atomic E-state index is -1.16. The summed E-state index contributed by atoms with van der Waals surface area (Å²) in [6.07, 6.45) is 5.93. The molecule has 5 heteroatoms. The van der Waals surface area contributed by atoms with Gasteiger partial charge in [0.1, 0.15) is 0 Å². The van der Waals surface area contributed by atoms with Gasteiger partial charge in [-0.2, -0.15) is 0 Å². The zero-order valence-corrected chi connectivity index (χ0v) is 11.5. The first-order chi connectivity index (χ1) is 9.63. The molecular formula is C15H19F2NO2. The van der Waals surface area contributed by atoms with Crippen LogP contribution in [0, 0.1) is 17.6 Å². The van der Waals surface area contributed by atoms with Crippen molar-refractivity contribution in [2.45, 2.75) is 32.1 Å². The minimum Gasteiger partial charge on any atom is -0.465 e. The van der Waals surface area contributed by atoms with Gasteiger partial charge in [-0.05, 0) is 24.5 Å². The first-order valence-corrected chi connectivity index (χ1v) is 6.93. The van der Waals surface area contributed by atoms with Crippen LogP contribution >= 0.6 is 0 Å². The maximum absolute atomic E-state index is 13.8. The van der Waals surface area contributed by atoms with Crippen LogP contribution in [0.4, 0.5) is 14.5 Å². The second-order valence-corrected chi connectivity index (χ2v) is 5.15. The van der Waals surface area contributed by atoms with Gasteiger partial charge in [-0.15, -0.1) is 0 Å². The first kappa shape index (κ1) is 14.8. The highest BCUT2D eigenvalue weighted by molar-refractivity contribution is 5.90. The summed E-state index contributed by atoms with van der Waals surface area (Å²) in [6.45, 7) is 0.610. The summed E-state index contributed by atoms with van der Waals surface area (Å²) in [5.74, 6) is -2.38. The third-order valence-electron chi connectivity index (χ3n) is 3.83. The van der Waals surface area contributed by atoms with Crippen molar-refractivity contribution in [3.05, 3.63) is 29.3 Å². The Hall–Kier alpha value is -1.65. The van der Waals surface area contributed by atoms with Crippen LogP contribution in [-0.2, 0) is 4.74 Å². The SMILES string of the molecule is COC(=O)c1ccc(NCCC2CCCC2)c(F)c1F. The van der Waals surface area contributed by atoms with Crippen LogP contribution in [-0.4, -0.2) is 19.6 Å². The highest BCUT2D eigenvalue weighted by Crippen LogP contribution is 2.28. The number of hydrogen-bond donors (Lipinski definition) is 1. The molecule has 1 fully saturated rings. The second kappa shape index (κ2) is 6.68. The zero-order valence-electron chi connectivity index (χ0n) is 11.5. The Kier molecular flexibility index (Phi) is 4.93. The number of esters is 1. The summed E-state index contributed by atoms with van der Waals surface area (Å²) in [6, 6.07) is 2.61. The highest BCUT2D eigenvalue weighted by Gasteiger charge is 2.19. The highest BCUT2D eigenvalue weighted by atomic mass is 19.2. The van der Waals surface area contributed by atoms with E-state index in [4.69, 9.17) is 0 Å². The van der Waals surface area contributed by atoms with Crippen molar-refractivity contribution in [1.82, 2.24) is 0 Å². The van der Waals surface area contributed by atoms with E-state index in [-0.39, 0.29) is 11.3 Å². The van der Waals surface area contributed by atoms with E-state index in [9.17, 15) is 13.6 Å². The zero-order chi connectivity index (χ0) is 14.5. The van der Waals surface area contributed by atoms with Crippen LogP contribution in [0.25, 0.3) is 0 Å². The monoisotopic (exact) mass is 283 g/mol. The maximum Gasteiger partial charge on any atom is 0.340 e. The fourth-order valence-electron chi connectivity index (χ4n) is 2.66. The molecule has 0 aliphatic heterocycles. The Morgan fingerprint density at radius 1 is 1.30 bits per heavy atom. The molecule has 0 unspecified atom stereocenters. The molecular weight excluding hydrogens is 264 g/mol. The second-order valence-electron chi connectivity index (χ2n) is 5.15. The summed E-state index contributed by atoms with van der Waals surface area (Å²) >= 11 is 0. The molecule has 1 saturated carbocycles. The Labute approximate surface area is 117 Å². The number of carbonyl (C=O) groups is 1. The van der Waals surface area contributed by atoms with Gasteiger partial charge in [0.25, 0.3) is 0 Å². The summed E-state index contributed by atoms with van der Waals surface area (Å²) in [7, 11) is 1.13. The van der Waals surface area contributed by atoms with Gasteiger partial charge in [0.15, 0.2) is 11.6 Å². The molecule has 0 amide bonds. The molecule has 0 bridgehead atoms. The summed E-state index contributed by atoms with van der Waals surface area (Å²) in [5, 5.41) is 2.90. The third kappa shape index (κ3) is 3.26. The Morgan fingerprint density at radius 3 is 2.65 bits per heavy atom. The van der Waals surface area contributed by atoms with Crippen molar-refractivity contribution in [3.8, 4) is 0 Å². The van der Waals surface area contributed by atoms with Crippen molar-refractivity contribution >= 4 is 11.7 Å². The predicted molar refractivity (Wildman–Crippen MR) is 72.8 cm³/mol. The lowest BCUT2D eigenvalue weighted by atomic mass is 10.0. The number of hydrogen-bond acceptors (Lipinski definition) is 3. The van der Waals surface area contributed by atoms with Crippen molar-refractivity contribution in [3.63, 3.8) is 0 Å². The number of rotatable bonds is 5. The van der Waals surface area contributed by atoms with E-state index in [2.05, 4.69) is 10.1 Å². The summed E-state index contributed by atoms with van der Waals surface area (Å²) < 4.78 is 31.9. The minimum absolute atomic E-state index is 0.0909. The molecule has 0 spiro atoms. The number of benzene rings is 1. The van der Waals surface area contributed by atoms with Crippen LogP contribution in [0.1, 0.15) is 42.5 Å². The average molecular weight is 283 g/mol. The number of carbonyl (C=O) groups excluding carboxylic acids is 1. The normalized spacial score (nSPS) is 15.3. The van der Waals surface area contributed by atoms with Crippen molar-refractivity contribution in [2.24, 2.45) is 5.92 Å². The molecule has 0 heterocycles. The van der Waals surface area contributed by atoms with Crippen LogP contribution in [0.2, 0.25) is 0 Å². The lowest BCUT2D eigenvalue weighted by Gasteiger charge is -2.12. The molecule has 0 atom stereocenters. The molecule has 1 aromatic carbocycles. The van der Waals surface area contributed by atoms with Gasteiger partial charge in [-0.1, -0.05) is 25.7 Å². The molecule has 0 aromatic heterocycles. The maximum atomic E-state index is 13.8. The lowest BCUT2D eigenvalue weighted by molar-refractivity contribution is 0.0594. The van der Waals surface area contributed by atoms with Gasteiger partial charge < -0.3 is 10.1 Å². The molecule has 2 rings (SSSR count). The summed E-state index contributed by atoms with van der Waals surface area (Å²) in [5.41, 5.74) is -0.292. The largest absolute Gasteiger partial charge is 0.465 e. The number of halogens is 2. The quantitative estimate of drug-likeness (QED) is 0.836. The molecule has 1 aliphatic rings. The number of nitrogens with one attached hydrogen (secondary N) is 1. The van der Waals surface area contributed by atoms with Gasteiger partial charge in [-0.3, -0.25) is 0 Å². The molecule has 0 radical (unpaired) electrons. The van der Waals surface area contributed by atoms with Crippen LogP contribution in [0.15, 0.2) is 12.1 Å². The van der Waals surface area contributed by atoms with Crippen molar-refractivity contribution in [1.29, 1.82) is 0 Å². The van der Waals surface area contributed by atoms with Gasteiger partial charge in [0, 0.05) is 6.54 Å². The fourth-order valence-corrected chi connectivity index (χ4v) is 2.66. The predicted octanol–water partition coefficient (Wildman–Crippen LogP) is 3.74. The standard InChI is InChI=1S/C15H19F2NO2/c1-20-15(19)11-6-7-12(14(17)13(11)16)18-9-8-10-4-2-3-5-10/h6-7,10,18H,2-5,8-9H2,1H3. The molecule has 1 aliphatic carbocycles. The molecule has 1 aromatic rings. The van der Waals surface area contributed by atoms with Gasteiger partial charge in [0.2, 0.25) is 0 Å². The van der Waals surface area contributed by atoms with Crippen molar-refractivity contribution < 1.29 is 18.3 Å². The molecule has 110 valence electrons. The molecule has 0 saturated heterocycles. The number of anilines is 1. The topological polar surface area (TPSA) is 38.3 Å². The van der Waals surface area contributed by atoms with Crippen LogP contribution < -0.4 is 5.32 Å². The summed E-state index contributed by atoms with van der Waals surface area (Å²) in [4.78, 5) is 11.2. The molecule has 3 nitrogen and oxygen atoms in total. The number of methoxy groups -OCH3 is 1. The van der Waals surface area contributed by atoms with Crippen LogP contribution in [0.3, 0.4) is 0 Å². The van der Waals surface area contributed by atoms with Crippen LogP contribution in [0.5, 0.6) is 0 Å². The number of ether oxygens (including phenoxy) is 1. The Bertz CT molecular complexity index is 485. The smallest absolute Gasteiger partial charge is 0.340 e. The van der Waals surface area contributed by atoms with E-state index >= 15 is 0 Å². The van der Waals surface area contributed by atoms with Gasteiger partial charge >= 0.3 is 5.97 Å². The average Bonchev–Trinajstić information content (AvgIpc) is 2.96. The fraction of sp³-hybridized carbons (Fsp3) is 0.533.